The minimum atomic E-state index is -0.282. The van der Waals surface area contributed by atoms with Crippen LogP contribution in [0.15, 0.2) is 55.0 Å². The third-order valence-corrected chi connectivity index (χ3v) is 5.99. The van der Waals surface area contributed by atoms with E-state index < -0.39 is 0 Å². The molecule has 2 amide bonds. The molecule has 1 aromatic carbocycles. The molecule has 0 unspecified atom stereocenters. The SMILES string of the molecule is CC#CC(=O)N1CCN(c2nc(-c3ccc(NC(=O)c4ccccn4)c(C)c3)c3c(N)nccn23)C1. The molecule has 4 aromatic rings. The summed E-state index contributed by atoms with van der Waals surface area (Å²) in [6.07, 6.45) is 5.01. The molecule has 1 saturated heterocycles. The first-order chi connectivity index (χ1) is 17.5. The van der Waals surface area contributed by atoms with Gasteiger partial charge >= 0.3 is 0 Å². The van der Waals surface area contributed by atoms with Crippen LogP contribution in [0.1, 0.15) is 23.0 Å². The quantitative estimate of drug-likeness (QED) is 0.431. The molecule has 1 aliphatic rings. The van der Waals surface area contributed by atoms with Crippen LogP contribution in [0.4, 0.5) is 17.5 Å². The molecule has 10 nitrogen and oxygen atoms in total. The van der Waals surface area contributed by atoms with E-state index in [0.717, 1.165) is 11.1 Å². The molecular weight excluding hydrogens is 456 g/mol. The second-order valence-electron chi connectivity index (χ2n) is 8.34. The standard InChI is InChI=1S/C26H24N8O2/c1-3-6-21(35)32-13-14-33(16-32)26-31-22(23-24(27)29-11-12-34(23)26)18-8-9-19(17(2)15-18)30-25(36)20-7-4-5-10-28-20/h4-5,7-12,15H,13-14,16H2,1-2H3,(H2,27,29)(H,30,36). The number of imidazole rings is 1. The van der Waals surface area contributed by atoms with Gasteiger partial charge < -0.3 is 20.9 Å². The molecule has 0 radical (unpaired) electrons. The summed E-state index contributed by atoms with van der Waals surface area (Å²) in [7, 11) is 0. The Labute approximate surface area is 207 Å². The topological polar surface area (TPSA) is 122 Å². The number of nitrogens with one attached hydrogen (secondary N) is 1. The van der Waals surface area contributed by atoms with Crippen LogP contribution >= 0.6 is 0 Å². The van der Waals surface area contributed by atoms with Crippen molar-refractivity contribution in [2.75, 3.05) is 35.7 Å². The average Bonchev–Trinajstić information content (AvgIpc) is 3.52. The fourth-order valence-corrected chi connectivity index (χ4v) is 4.21. The number of rotatable bonds is 4. The van der Waals surface area contributed by atoms with Crippen molar-refractivity contribution in [1.29, 1.82) is 0 Å². The minimum absolute atomic E-state index is 0.207. The summed E-state index contributed by atoms with van der Waals surface area (Å²) >= 11 is 0. The Morgan fingerprint density at radius 1 is 1.11 bits per heavy atom. The average molecular weight is 481 g/mol. The summed E-state index contributed by atoms with van der Waals surface area (Å²) in [5, 5.41) is 2.91. The number of carbonyl (C=O) groups is 2. The highest BCUT2D eigenvalue weighted by atomic mass is 16.2. The number of nitrogens with zero attached hydrogens (tertiary/aromatic N) is 6. The Kier molecular flexibility index (Phi) is 5.96. The molecule has 36 heavy (non-hydrogen) atoms. The summed E-state index contributed by atoms with van der Waals surface area (Å²) in [6.45, 7) is 5.12. The van der Waals surface area contributed by atoms with E-state index in [1.807, 2.05) is 40.6 Å². The van der Waals surface area contributed by atoms with E-state index in [1.54, 1.807) is 42.4 Å². The van der Waals surface area contributed by atoms with Crippen LogP contribution in [0, 0.1) is 18.8 Å². The van der Waals surface area contributed by atoms with Gasteiger partial charge in [-0.2, -0.15) is 0 Å². The van der Waals surface area contributed by atoms with Gasteiger partial charge in [0.1, 0.15) is 22.7 Å². The highest BCUT2D eigenvalue weighted by Crippen LogP contribution is 2.33. The number of benzene rings is 1. The van der Waals surface area contributed by atoms with Crippen molar-refractivity contribution in [3.63, 3.8) is 0 Å². The highest BCUT2D eigenvalue weighted by molar-refractivity contribution is 6.03. The van der Waals surface area contributed by atoms with Crippen LogP contribution in [0.2, 0.25) is 0 Å². The molecule has 180 valence electrons. The summed E-state index contributed by atoms with van der Waals surface area (Å²) < 4.78 is 1.89. The molecule has 3 aromatic heterocycles. The molecule has 0 aliphatic carbocycles. The van der Waals surface area contributed by atoms with Crippen LogP contribution in [0.5, 0.6) is 0 Å². The molecular formula is C26H24N8O2. The fourth-order valence-electron chi connectivity index (χ4n) is 4.21. The van der Waals surface area contributed by atoms with E-state index in [9.17, 15) is 9.59 Å². The van der Waals surface area contributed by atoms with E-state index in [-0.39, 0.29) is 11.8 Å². The van der Waals surface area contributed by atoms with E-state index in [2.05, 4.69) is 27.1 Å². The molecule has 0 spiro atoms. The number of hydrogen-bond acceptors (Lipinski definition) is 7. The molecule has 1 fully saturated rings. The minimum Gasteiger partial charge on any atom is -0.382 e. The Hall–Kier alpha value is -4.91. The normalized spacial score (nSPS) is 12.9. The van der Waals surface area contributed by atoms with Gasteiger partial charge in [-0.05, 0) is 49.6 Å². The van der Waals surface area contributed by atoms with Crippen LogP contribution < -0.4 is 16.0 Å². The third-order valence-electron chi connectivity index (χ3n) is 5.99. The van der Waals surface area contributed by atoms with Crippen molar-refractivity contribution < 1.29 is 9.59 Å². The number of aromatic nitrogens is 4. The third kappa shape index (κ3) is 4.18. The zero-order valence-electron chi connectivity index (χ0n) is 19.9. The maximum Gasteiger partial charge on any atom is 0.299 e. The van der Waals surface area contributed by atoms with Crippen LogP contribution in [-0.2, 0) is 4.79 Å². The number of nitrogens with two attached hydrogens (primary N) is 1. The first-order valence-electron chi connectivity index (χ1n) is 11.4. The zero-order valence-corrected chi connectivity index (χ0v) is 19.9. The van der Waals surface area contributed by atoms with Crippen molar-refractivity contribution in [1.82, 2.24) is 24.3 Å². The molecule has 0 saturated carbocycles. The van der Waals surface area contributed by atoms with Gasteiger partial charge in [-0.3, -0.25) is 19.0 Å². The maximum atomic E-state index is 12.6. The molecule has 3 N–H and O–H groups in total. The van der Waals surface area contributed by atoms with Gasteiger partial charge in [-0.1, -0.05) is 18.1 Å². The Balaban J connectivity index is 1.48. The highest BCUT2D eigenvalue weighted by Gasteiger charge is 2.28. The van der Waals surface area contributed by atoms with Crippen LogP contribution in [0.3, 0.4) is 0 Å². The summed E-state index contributed by atoms with van der Waals surface area (Å²) in [6, 6.07) is 10.9. The lowest BCUT2D eigenvalue weighted by molar-refractivity contribution is -0.124. The van der Waals surface area contributed by atoms with E-state index in [0.29, 0.717) is 54.1 Å². The molecule has 5 rings (SSSR count). The van der Waals surface area contributed by atoms with Gasteiger partial charge in [0.05, 0.1) is 6.67 Å². The van der Waals surface area contributed by atoms with E-state index >= 15 is 0 Å². The first kappa shape index (κ1) is 22.9. The fraction of sp³-hybridized carbons (Fsp3) is 0.192. The number of amides is 2. The Bertz CT molecular complexity index is 1530. The Morgan fingerprint density at radius 3 is 2.72 bits per heavy atom. The number of carbonyl (C=O) groups excluding carboxylic acids is 2. The first-order valence-corrected chi connectivity index (χ1v) is 11.4. The van der Waals surface area contributed by atoms with Crippen molar-refractivity contribution in [3.8, 4) is 23.1 Å². The number of anilines is 3. The van der Waals surface area contributed by atoms with Crippen LogP contribution in [-0.4, -0.2) is 55.8 Å². The lowest BCUT2D eigenvalue weighted by atomic mass is 10.1. The van der Waals surface area contributed by atoms with E-state index in [1.165, 1.54) is 0 Å². The summed E-state index contributed by atoms with van der Waals surface area (Å²) in [5.74, 6) is 5.77. The van der Waals surface area contributed by atoms with Crippen molar-refractivity contribution >= 4 is 34.8 Å². The van der Waals surface area contributed by atoms with Crippen molar-refractivity contribution in [2.24, 2.45) is 0 Å². The number of nitrogen functional groups attached to an aromatic ring is 1. The van der Waals surface area contributed by atoms with Gasteiger partial charge in [0.15, 0.2) is 0 Å². The predicted molar refractivity (Wildman–Crippen MR) is 137 cm³/mol. The Morgan fingerprint density at radius 2 is 1.97 bits per heavy atom. The lowest BCUT2D eigenvalue weighted by Crippen LogP contribution is -2.30. The number of hydrogen-bond donors (Lipinski definition) is 2. The van der Waals surface area contributed by atoms with Gasteiger partial charge in [0.25, 0.3) is 11.8 Å². The molecule has 10 heteroatoms. The van der Waals surface area contributed by atoms with Gasteiger partial charge in [-0.15, -0.1) is 0 Å². The smallest absolute Gasteiger partial charge is 0.299 e. The van der Waals surface area contributed by atoms with E-state index in [4.69, 9.17) is 10.7 Å². The number of aryl methyl sites for hydroxylation is 1. The lowest BCUT2D eigenvalue weighted by Gasteiger charge is -2.17. The zero-order chi connectivity index (χ0) is 25.2. The number of fused-ring (bicyclic) bond motifs is 1. The summed E-state index contributed by atoms with van der Waals surface area (Å²) in [4.78, 5) is 41.8. The summed E-state index contributed by atoms with van der Waals surface area (Å²) in [5.41, 5.74) is 10.3. The van der Waals surface area contributed by atoms with Crippen LogP contribution in [0.25, 0.3) is 16.8 Å². The largest absolute Gasteiger partial charge is 0.382 e. The molecule has 0 atom stereocenters. The van der Waals surface area contributed by atoms with Gasteiger partial charge in [0.2, 0.25) is 5.95 Å². The van der Waals surface area contributed by atoms with Gasteiger partial charge in [-0.25, -0.2) is 9.97 Å². The van der Waals surface area contributed by atoms with Crippen molar-refractivity contribution in [2.45, 2.75) is 13.8 Å². The van der Waals surface area contributed by atoms with Gasteiger partial charge in [0, 0.05) is 42.9 Å². The maximum absolute atomic E-state index is 12.6. The second-order valence-corrected chi connectivity index (χ2v) is 8.34. The molecule has 0 bridgehead atoms. The molecule has 1 aliphatic heterocycles. The second kappa shape index (κ2) is 9.38. The monoisotopic (exact) mass is 480 g/mol. The van der Waals surface area contributed by atoms with Crippen molar-refractivity contribution in [3.05, 3.63) is 66.2 Å². The predicted octanol–water partition coefficient (Wildman–Crippen LogP) is 2.56. The molecule has 4 heterocycles. The number of pyridine rings is 1.